The summed E-state index contributed by atoms with van der Waals surface area (Å²) in [6, 6.07) is 9.30. The molecule has 0 saturated carbocycles. The molecule has 21 heavy (non-hydrogen) atoms. The standard InChI is InChI=1S/C16H18N2O3/c1-10-4-6-13(7-5-10)9-15(19)17-18-16(20)14-8-11(2)21-12(14)3/h4-8H,9H2,1-3H3,(H,17,19)(H,18,20). The van der Waals surface area contributed by atoms with Gasteiger partial charge >= 0.3 is 0 Å². The number of benzene rings is 1. The highest BCUT2D eigenvalue weighted by atomic mass is 16.3. The van der Waals surface area contributed by atoms with Crippen molar-refractivity contribution < 1.29 is 14.0 Å². The molecule has 5 heteroatoms. The Hall–Kier alpha value is -2.56. The second kappa shape index (κ2) is 6.26. The first kappa shape index (κ1) is 14.8. The van der Waals surface area contributed by atoms with Crippen molar-refractivity contribution in [2.75, 3.05) is 0 Å². The van der Waals surface area contributed by atoms with Gasteiger partial charge in [-0.25, -0.2) is 0 Å². The molecule has 1 aromatic carbocycles. The zero-order chi connectivity index (χ0) is 15.4. The van der Waals surface area contributed by atoms with Crippen LogP contribution in [-0.4, -0.2) is 11.8 Å². The molecule has 2 rings (SSSR count). The van der Waals surface area contributed by atoms with Crippen molar-refractivity contribution in [2.45, 2.75) is 27.2 Å². The van der Waals surface area contributed by atoms with Crippen LogP contribution in [0.15, 0.2) is 34.7 Å². The maximum Gasteiger partial charge on any atom is 0.273 e. The minimum atomic E-state index is -0.387. The van der Waals surface area contributed by atoms with E-state index in [2.05, 4.69) is 10.9 Å². The lowest BCUT2D eigenvalue weighted by Gasteiger charge is -2.07. The third-order valence-electron chi connectivity index (χ3n) is 3.09. The molecule has 2 aromatic rings. The molecule has 2 N–H and O–H groups in total. The van der Waals surface area contributed by atoms with E-state index in [0.717, 1.165) is 11.1 Å². The van der Waals surface area contributed by atoms with Crippen LogP contribution in [0.5, 0.6) is 0 Å². The Balaban J connectivity index is 1.88. The van der Waals surface area contributed by atoms with Crippen LogP contribution in [0.3, 0.4) is 0 Å². The lowest BCUT2D eigenvalue weighted by Crippen LogP contribution is -2.42. The van der Waals surface area contributed by atoms with Gasteiger partial charge in [0.05, 0.1) is 12.0 Å². The van der Waals surface area contributed by atoms with Crippen LogP contribution in [0.25, 0.3) is 0 Å². The van der Waals surface area contributed by atoms with Crippen molar-refractivity contribution in [2.24, 2.45) is 0 Å². The highest BCUT2D eigenvalue weighted by Gasteiger charge is 2.14. The Kier molecular flexibility index (Phi) is 4.42. The topological polar surface area (TPSA) is 71.3 Å². The molecule has 1 aromatic heterocycles. The van der Waals surface area contributed by atoms with E-state index >= 15 is 0 Å². The van der Waals surface area contributed by atoms with E-state index in [9.17, 15) is 9.59 Å². The first-order chi connectivity index (χ1) is 9.95. The number of nitrogens with one attached hydrogen (secondary N) is 2. The van der Waals surface area contributed by atoms with E-state index in [0.29, 0.717) is 17.1 Å². The lowest BCUT2D eigenvalue weighted by molar-refractivity contribution is -0.121. The number of hydrogen-bond acceptors (Lipinski definition) is 3. The molecule has 1 heterocycles. The average Bonchev–Trinajstić information content (AvgIpc) is 2.78. The van der Waals surface area contributed by atoms with Crippen LogP contribution in [-0.2, 0) is 11.2 Å². The van der Waals surface area contributed by atoms with E-state index in [1.165, 1.54) is 0 Å². The Labute approximate surface area is 123 Å². The number of rotatable bonds is 3. The van der Waals surface area contributed by atoms with E-state index in [1.54, 1.807) is 19.9 Å². The van der Waals surface area contributed by atoms with Gasteiger partial charge in [0, 0.05) is 0 Å². The molecule has 0 unspecified atom stereocenters. The number of carbonyl (C=O) groups excluding carboxylic acids is 2. The van der Waals surface area contributed by atoms with Crippen LogP contribution in [0, 0.1) is 20.8 Å². The molecule has 0 saturated heterocycles. The van der Waals surface area contributed by atoms with Crippen molar-refractivity contribution in [3.8, 4) is 0 Å². The Bertz CT molecular complexity index is 657. The highest BCUT2D eigenvalue weighted by Crippen LogP contribution is 2.12. The van der Waals surface area contributed by atoms with E-state index < -0.39 is 0 Å². The summed E-state index contributed by atoms with van der Waals surface area (Å²) in [5.41, 5.74) is 7.23. The molecular formula is C16H18N2O3. The number of amides is 2. The summed E-state index contributed by atoms with van der Waals surface area (Å²) in [5, 5.41) is 0. The van der Waals surface area contributed by atoms with Crippen LogP contribution < -0.4 is 10.9 Å². The van der Waals surface area contributed by atoms with Crippen LogP contribution in [0.2, 0.25) is 0 Å². The molecule has 0 aliphatic heterocycles. The second-order valence-corrected chi connectivity index (χ2v) is 4.99. The van der Waals surface area contributed by atoms with Crippen LogP contribution >= 0.6 is 0 Å². The quantitative estimate of drug-likeness (QED) is 0.850. The zero-order valence-corrected chi connectivity index (χ0v) is 12.3. The highest BCUT2D eigenvalue weighted by molar-refractivity contribution is 5.96. The third kappa shape index (κ3) is 3.95. The van der Waals surface area contributed by atoms with Crippen molar-refractivity contribution in [3.05, 3.63) is 58.5 Å². The molecule has 0 bridgehead atoms. The molecule has 0 aliphatic carbocycles. The second-order valence-electron chi connectivity index (χ2n) is 4.99. The third-order valence-corrected chi connectivity index (χ3v) is 3.09. The molecule has 0 fully saturated rings. The van der Waals surface area contributed by atoms with Gasteiger partial charge in [0.1, 0.15) is 11.5 Å². The summed E-state index contributed by atoms with van der Waals surface area (Å²) < 4.78 is 5.28. The SMILES string of the molecule is Cc1ccc(CC(=O)NNC(=O)c2cc(C)oc2C)cc1. The summed E-state index contributed by atoms with van der Waals surface area (Å²) in [4.78, 5) is 23.7. The summed E-state index contributed by atoms with van der Waals surface area (Å²) in [5.74, 6) is 0.521. The first-order valence-electron chi connectivity index (χ1n) is 6.67. The van der Waals surface area contributed by atoms with Gasteiger partial charge in [-0.05, 0) is 32.4 Å². The fourth-order valence-electron chi connectivity index (χ4n) is 1.99. The zero-order valence-electron chi connectivity index (χ0n) is 12.3. The van der Waals surface area contributed by atoms with Crippen LogP contribution in [0.1, 0.15) is 33.0 Å². The van der Waals surface area contributed by atoms with Gasteiger partial charge < -0.3 is 4.42 Å². The van der Waals surface area contributed by atoms with Gasteiger partial charge in [-0.3, -0.25) is 20.4 Å². The smallest absolute Gasteiger partial charge is 0.273 e. The predicted molar refractivity (Wildman–Crippen MR) is 78.7 cm³/mol. The average molecular weight is 286 g/mol. The molecule has 0 aliphatic rings. The van der Waals surface area contributed by atoms with E-state index in [-0.39, 0.29) is 18.2 Å². The summed E-state index contributed by atoms with van der Waals surface area (Å²) in [6.45, 7) is 5.45. The molecule has 5 nitrogen and oxygen atoms in total. The van der Waals surface area contributed by atoms with Crippen molar-refractivity contribution in [1.29, 1.82) is 0 Å². The van der Waals surface area contributed by atoms with Gasteiger partial charge in [0.25, 0.3) is 5.91 Å². The molecule has 0 atom stereocenters. The Morgan fingerprint density at radius 2 is 1.71 bits per heavy atom. The summed E-state index contributed by atoms with van der Waals surface area (Å²) >= 11 is 0. The first-order valence-corrected chi connectivity index (χ1v) is 6.67. The maximum atomic E-state index is 11.9. The summed E-state index contributed by atoms with van der Waals surface area (Å²) in [6.07, 6.45) is 0.212. The monoisotopic (exact) mass is 286 g/mol. The Morgan fingerprint density at radius 1 is 1.05 bits per heavy atom. The number of carbonyl (C=O) groups is 2. The lowest BCUT2D eigenvalue weighted by atomic mass is 10.1. The summed E-state index contributed by atoms with van der Waals surface area (Å²) in [7, 11) is 0. The van der Waals surface area contributed by atoms with Crippen molar-refractivity contribution in [1.82, 2.24) is 10.9 Å². The normalized spacial score (nSPS) is 10.2. The fourth-order valence-corrected chi connectivity index (χ4v) is 1.99. The van der Waals surface area contributed by atoms with E-state index in [1.807, 2.05) is 31.2 Å². The molecular weight excluding hydrogens is 268 g/mol. The van der Waals surface area contributed by atoms with Crippen molar-refractivity contribution in [3.63, 3.8) is 0 Å². The van der Waals surface area contributed by atoms with Gasteiger partial charge in [-0.1, -0.05) is 29.8 Å². The molecule has 0 spiro atoms. The van der Waals surface area contributed by atoms with Gasteiger partial charge in [-0.15, -0.1) is 0 Å². The molecule has 0 radical (unpaired) electrons. The fraction of sp³-hybridized carbons (Fsp3) is 0.250. The number of furan rings is 1. The van der Waals surface area contributed by atoms with Crippen molar-refractivity contribution >= 4 is 11.8 Å². The van der Waals surface area contributed by atoms with Gasteiger partial charge in [-0.2, -0.15) is 0 Å². The van der Waals surface area contributed by atoms with Gasteiger partial charge in [0.15, 0.2) is 0 Å². The molecule has 110 valence electrons. The van der Waals surface area contributed by atoms with E-state index in [4.69, 9.17) is 4.42 Å². The largest absolute Gasteiger partial charge is 0.466 e. The number of hydrazine groups is 1. The minimum absolute atomic E-state index is 0.212. The Morgan fingerprint density at radius 3 is 2.29 bits per heavy atom. The predicted octanol–water partition coefficient (Wildman–Crippen LogP) is 2.21. The number of hydrogen-bond donors (Lipinski definition) is 2. The minimum Gasteiger partial charge on any atom is -0.466 e. The number of aryl methyl sites for hydroxylation is 3. The maximum absolute atomic E-state index is 11.9. The molecule has 2 amide bonds. The van der Waals surface area contributed by atoms with Gasteiger partial charge in [0.2, 0.25) is 5.91 Å². The van der Waals surface area contributed by atoms with Crippen LogP contribution in [0.4, 0.5) is 0 Å².